The molecule has 0 bridgehead atoms. The maximum Gasteiger partial charge on any atom is 0.248 e. The van der Waals surface area contributed by atoms with Gasteiger partial charge in [-0.25, -0.2) is 0 Å². The third-order valence-electron chi connectivity index (χ3n) is 3.60. The van der Waals surface area contributed by atoms with Gasteiger partial charge in [-0.15, -0.1) is 0 Å². The molecule has 0 heterocycles. The van der Waals surface area contributed by atoms with E-state index in [4.69, 9.17) is 5.73 Å². The van der Waals surface area contributed by atoms with E-state index in [-0.39, 0.29) is 5.91 Å². The van der Waals surface area contributed by atoms with Gasteiger partial charge in [-0.05, 0) is 42.4 Å². The Kier molecular flexibility index (Phi) is 3.28. The number of benzene rings is 1. The molecule has 2 N–H and O–H groups in total. The van der Waals surface area contributed by atoms with Crippen molar-refractivity contribution in [3.63, 3.8) is 0 Å². The summed E-state index contributed by atoms with van der Waals surface area (Å²) in [5, 5.41) is 0. The molecule has 1 aromatic carbocycles. The van der Waals surface area contributed by atoms with Crippen molar-refractivity contribution in [2.45, 2.75) is 38.5 Å². The molecule has 1 aliphatic rings. The van der Waals surface area contributed by atoms with Crippen LogP contribution in [0.4, 0.5) is 0 Å². The number of hydrogen-bond acceptors (Lipinski definition) is 1. The second-order valence-electron chi connectivity index (χ2n) is 4.95. The minimum absolute atomic E-state index is 0.344. The highest BCUT2D eigenvalue weighted by atomic mass is 16.1. The molecule has 1 fully saturated rings. The van der Waals surface area contributed by atoms with Gasteiger partial charge in [0, 0.05) is 5.56 Å². The molecule has 2 nitrogen and oxygen atoms in total. The second-order valence-corrected chi connectivity index (χ2v) is 4.95. The molecule has 2 atom stereocenters. The van der Waals surface area contributed by atoms with E-state index in [2.05, 4.69) is 19.1 Å². The molecule has 16 heavy (non-hydrogen) atoms. The number of amides is 1. The quantitative estimate of drug-likeness (QED) is 0.812. The molecule has 2 heteroatoms. The Morgan fingerprint density at radius 1 is 1.25 bits per heavy atom. The standard InChI is InChI=1S/C14H19NO/c1-10-3-2-4-13(9-10)11-5-7-12(8-6-11)14(15)16/h5-8,10,13H,2-4,9H2,1H3,(H2,15,16). The van der Waals surface area contributed by atoms with Gasteiger partial charge in [0.2, 0.25) is 5.91 Å². The number of primary amides is 1. The van der Waals surface area contributed by atoms with Crippen molar-refractivity contribution in [1.82, 2.24) is 0 Å². The van der Waals surface area contributed by atoms with Crippen LogP contribution in [-0.2, 0) is 0 Å². The summed E-state index contributed by atoms with van der Waals surface area (Å²) in [5.74, 6) is 1.16. The summed E-state index contributed by atoms with van der Waals surface area (Å²) < 4.78 is 0. The summed E-state index contributed by atoms with van der Waals surface area (Å²) in [7, 11) is 0. The summed E-state index contributed by atoms with van der Waals surface area (Å²) in [5.41, 5.74) is 7.19. The first-order valence-electron chi connectivity index (χ1n) is 6.06. The molecular formula is C14H19NO. The molecule has 2 unspecified atom stereocenters. The zero-order valence-electron chi connectivity index (χ0n) is 9.78. The van der Waals surface area contributed by atoms with E-state index in [9.17, 15) is 4.79 Å². The smallest absolute Gasteiger partial charge is 0.248 e. The van der Waals surface area contributed by atoms with Crippen LogP contribution in [0.25, 0.3) is 0 Å². The van der Waals surface area contributed by atoms with E-state index in [0.717, 1.165) is 5.92 Å². The van der Waals surface area contributed by atoms with E-state index in [1.165, 1.54) is 31.2 Å². The summed E-state index contributed by atoms with van der Waals surface area (Å²) in [6.07, 6.45) is 5.23. The zero-order chi connectivity index (χ0) is 11.5. The van der Waals surface area contributed by atoms with Gasteiger partial charge in [0.25, 0.3) is 0 Å². The van der Waals surface area contributed by atoms with Gasteiger partial charge in [-0.2, -0.15) is 0 Å². The fourth-order valence-corrected chi connectivity index (χ4v) is 2.66. The van der Waals surface area contributed by atoms with Crippen LogP contribution in [0.5, 0.6) is 0 Å². The fourth-order valence-electron chi connectivity index (χ4n) is 2.66. The lowest BCUT2D eigenvalue weighted by Gasteiger charge is -2.27. The Labute approximate surface area is 96.8 Å². The van der Waals surface area contributed by atoms with Crippen molar-refractivity contribution >= 4 is 5.91 Å². The van der Waals surface area contributed by atoms with Gasteiger partial charge >= 0.3 is 0 Å². The Hall–Kier alpha value is -1.31. The topological polar surface area (TPSA) is 43.1 Å². The minimum atomic E-state index is -0.344. The average Bonchev–Trinajstić information content (AvgIpc) is 2.29. The molecule has 0 aromatic heterocycles. The molecule has 1 amide bonds. The van der Waals surface area contributed by atoms with E-state index < -0.39 is 0 Å². The van der Waals surface area contributed by atoms with Gasteiger partial charge in [-0.1, -0.05) is 31.9 Å². The molecule has 1 saturated carbocycles. The van der Waals surface area contributed by atoms with Crippen molar-refractivity contribution in [3.8, 4) is 0 Å². The Morgan fingerprint density at radius 2 is 1.94 bits per heavy atom. The van der Waals surface area contributed by atoms with E-state index in [1.807, 2.05) is 12.1 Å². The lowest BCUT2D eigenvalue weighted by molar-refractivity contribution is 0.100. The van der Waals surface area contributed by atoms with Crippen molar-refractivity contribution in [1.29, 1.82) is 0 Å². The average molecular weight is 217 g/mol. The lowest BCUT2D eigenvalue weighted by atomic mass is 9.79. The molecule has 0 spiro atoms. The summed E-state index contributed by atoms with van der Waals surface area (Å²) in [4.78, 5) is 11.0. The number of hydrogen-bond donors (Lipinski definition) is 1. The van der Waals surface area contributed by atoms with Crippen LogP contribution in [0.1, 0.15) is 54.4 Å². The highest BCUT2D eigenvalue weighted by molar-refractivity contribution is 5.92. The van der Waals surface area contributed by atoms with Crippen LogP contribution in [0, 0.1) is 5.92 Å². The van der Waals surface area contributed by atoms with Gasteiger partial charge in [0.15, 0.2) is 0 Å². The maximum absolute atomic E-state index is 11.0. The van der Waals surface area contributed by atoms with Crippen LogP contribution in [0.2, 0.25) is 0 Å². The number of carbonyl (C=O) groups excluding carboxylic acids is 1. The van der Waals surface area contributed by atoms with Crippen molar-refractivity contribution in [2.75, 3.05) is 0 Å². The Balaban J connectivity index is 2.11. The van der Waals surface area contributed by atoms with Crippen LogP contribution in [0.15, 0.2) is 24.3 Å². The van der Waals surface area contributed by atoms with Crippen LogP contribution in [0.3, 0.4) is 0 Å². The summed E-state index contributed by atoms with van der Waals surface area (Å²) in [6, 6.07) is 7.81. The molecule has 2 rings (SSSR count). The van der Waals surface area contributed by atoms with Crippen LogP contribution >= 0.6 is 0 Å². The van der Waals surface area contributed by atoms with E-state index in [1.54, 1.807) is 0 Å². The predicted octanol–water partition coefficient (Wildman–Crippen LogP) is 3.08. The van der Waals surface area contributed by atoms with Crippen molar-refractivity contribution < 1.29 is 4.79 Å². The maximum atomic E-state index is 11.0. The largest absolute Gasteiger partial charge is 0.366 e. The molecule has 86 valence electrons. The Bertz CT molecular complexity index is 369. The third-order valence-corrected chi connectivity index (χ3v) is 3.60. The molecule has 0 radical (unpaired) electrons. The molecular weight excluding hydrogens is 198 g/mol. The lowest BCUT2D eigenvalue weighted by Crippen LogP contribution is -2.13. The highest BCUT2D eigenvalue weighted by Gasteiger charge is 2.20. The minimum Gasteiger partial charge on any atom is -0.366 e. The summed E-state index contributed by atoms with van der Waals surface area (Å²) >= 11 is 0. The Morgan fingerprint density at radius 3 is 2.50 bits per heavy atom. The molecule has 1 aromatic rings. The van der Waals surface area contributed by atoms with Gasteiger partial charge in [0.1, 0.15) is 0 Å². The van der Waals surface area contributed by atoms with Gasteiger partial charge in [-0.3, -0.25) is 4.79 Å². The first-order chi connectivity index (χ1) is 7.66. The highest BCUT2D eigenvalue weighted by Crippen LogP contribution is 2.35. The number of rotatable bonds is 2. The van der Waals surface area contributed by atoms with Gasteiger partial charge < -0.3 is 5.73 Å². The van der Waals surface area contributed by atoms with Crippen LogP contribution < -0.4 is 5.73 Å². The molecule has 1 aliphatic carbocycles. The number of nitrogens with two attached hydrogens (primary N) is 1. The summed E-state index contributed by atoms with van der Waals surface area (Å²) in [6.45, 7) is 2.32. The predicted molar refractivity (Wildman–Crippen MR) is 65.3 cm³/mol. The van der Waals surface area contributed by atoms with Gasteiger partial charge in [0.05, 0.1) is 0 Å². The van der Waals surface area contributed by atoms with Crippen molar-refractivity contribution in [2.24, 2.45) is 11.7 Å². The zero-order valence-corrected chi connectivity index (χ0v) is 9.78. The molecule has 0 saturated heterocycles. The first kappa shape index (κ1) is 11.2. The normalized spacial score (nSPS) is 25.3. The third kappa shape index (κ3) is 2.43. The monoisotopic (exact) mass is 217 g/mol. The first-order valence-corrected chi connectivity index (χ1v) is 6.06. The van der Waals surface area contributed by atoms with Crippen molar-refractivity contribution in [3.05, 3.63) is 35.4 Å². The second kappa shape index (κ2) is 4.69. The number of carbonyl (C=O) groups is 1. The van der Waals surface area contributed by atoms with E-state index in [0.29, 0.717) is 11.5 Å². The molecule has 0 aliphatic heterocycles. The SMILES string of the molecule is CC1CCCC(c2ccc(C(N)=O)cc2)C1. The van der Waals surface area contributed by atoms with E-state index >= 15 is 0 Å². The fraction of sp³-hybridized carbons (Fsp3) is 0.500. The van der Waals surface area contributed by atoms with Crippen LogP contribution in [-0.4, -0.2) is 5.91 Å².